The molecule has 0 saturated heterocycles. The van der Waals surface area contributed by atoms with Crippen LogP contribution in [0.3, 0.4) is 0 Å². The number of pyridine rings is 1. The first kappa shape index (κ1) is 29.0. The lowest BCUT2D eigenvalue weighted by Gasteiger charge is -2.11. The summed E-state index contributed by atoms with van der Waals surface area (Å²) in [5.74, 6) is 1.88. The van der Waals surface area contributed by atoms with Crippen LogP contribution in [-0.4, -0.2) is 19.9 Å². The number of rotatable bonds is 5. The van der Waals surface area contributed by atoms with Crippen LogP contribution in [0.1, 0.15) is 0 Å². The number of fused-ring (bicyclic) bond motifs is 6. The van der Waals surface area contributed by atoms with E-state index in [1.165, 1.54) is 16.3 Å². The summed E-state index contributed by atoms with van der Waals surface area (Å²) in [6, 6.07) is 58.0. The van der Waals surface area contributed by atoms with Crippen LogP contribution in [0, 0.1) is 0 Å². The van der Waals surface area contributed by atoms with Gasteiger partial charge in [0.15, 0.2) is 17.5 Å². The second kappa shape index (κ2) is 11.9. The third kappa shape index (κ3) is 5.03. The van der Waals surface area contributed by atoms with Gasteiger partial charge in [-0.05, 0) is 40.1 Å². The molecule has 3 heterocycles. The third-order valence-corrected chi connectivity index (χ3v) is 9.52. The molecule has 5 heteroatoms. The maximum atomic E-state index is 6.64. The molecule has 10 rings (SSSR count). The highest BCUT2D eigenvalue weighted by Gasteiger charge is 2.19. The summed E-state index contributed by atoms with van der Waals surface area (Å²) in [4.78, 5) is 20.0. The van der Waals surface area contributed by atoms with Gasteiger partial charge in [-0.25, -0.2) is 19.9 Å². The molecule has 0 aliphatic rings. The van der Waals surface area contributed by atoms with Crippen LogP contribution in [0.25, 0.3) is 100 Å². The van der Waals surface area contributed by atoms with E-state index in [4.69, 9.17) is 24.4 Å². The summed E-state index contributed by atoms with van der Waals surface area (Å²) in [6.45, 7) is 0. The summed E-state index contributed by atoms with van der Waals surface area (Å²) in [7, 11) is 0. The van der Waals surface area contributed by atoms with Crippen molar-refractivity contribution in [1.29, 1.82) is 0 Å². The van der Waals surface area contributed by atoms with Crippen molar-refractivity contribution >= 4 is 43.6 Å². The van der Waals surface area contributed by atoms with Gasteiger partial charge < -0.3 is 4.42 Å². The lowest BCUT2D eigenvalue weighted by molar-refractivity contribution is 0.672. The predicted octanol–water partition coefficient (Wildman–Crippen LogP) is 11.8. The van der Waals surface area contributed by atoms with Crippen molar-refractivity contribution in [3.63, 3.8) is 0 Å². The van der Waals surface area contributed by atoms with Crippen LogP contribution in [0.5, 0.6) is 0 Å². The maximum absolute atomic E-state index is 6.64. The summed E-state index contributed by atoms with van der Waals surface area (Å²) in [6.07, 6.45) is 0. The molecule has 0 atom stereocenters. The summed E-state index contributed by atoms with van der Waals surface area (Å²) in [5, 5.41) is 5.45. The minimum absolute atomic E-state index is 0.612. The quantitative estimate of drug-likeness (QED) is 0.185. The van der Waals surface area contributed by atoms with Crippen molar-refractivity contribution in [3.05, 3.63) is 170 Å². The zero-order valence-corrected chi connectivity index (χ0v) is 27.4. The van der Waals surface area contributed by atoms with Crippen molar-refractivity contribution in [1.82, 2.24) is 19.9 Å². The van der Waals surface area contributed by atoms with Gasteiger partial charge in [0, 0.05) is 33.0 Å². The molecule has 0 bridgehead atoms. The fourth-order valence-corrected chi connectivity index (χ4v) is 7.03. The fraction of sp³-hybridized carbons (Fsp3) is 0. The van der Waals surface area contributed by atoms with Crippen molar-refractivity contribution in [3.8, 4) is 56.5 Å². The lowest BCUT2D eigenvalue weighted by Crippen LogP contribution is -2.00. The molecule has 5 nitrogen and oxygen atoms in total. The first-order chi connectivity index (χ1) is 25.3. The van der Waals surface area contributed by atoms with E-state index in [9.17, 15) is 0 Å². The second-order valence-electron chi connectivity index (χ2n) is 12.6. The fourth-order valence-electron chi connectivity index (χ4n) is 7.03. The Bertz CT molecular complexity index is 2840. The zero-order valence-electron chi connectivity index (χ0n) is 27.4. The van der Waals surface area contributed by atoms with E-state index in [2.05, 4.69) is 97.1 Å². The Hall–Kier alpha value is -6.98. The van der Waals surface area contributed by atoms with Crippen LogP contribution in [0.4, 0.5) is 0 Å². The molecule has 7 aromatic carbocycles. The first-order valence-electron chi connectivity index (χ1n) is 17.0. The predicted molar refractivity (Wildman–Crippen MR) is 207 cm³/mol. The van der Waals surface area contributed by atoms with E-state index in [0.717, 1.165) is 66.4 Å². The van der Waals surface area contributed by atoms with Crippen molar-refractivity contribution in [2.45, 2.75) is 0 Å². The van der Waals surface area contributed by atoms with E-state index in [0.29, 0.717) is 17.5 Å². The molecule has 0 aliphatic carbocycles. The number of furan rings is 1. The van der Waals surface area contributed by atoms with E-state index >= 15 is 0 Å². The largest absolute Gasteiger partial charge is 0.455 e. The summed E-state index contributed by atoms with van der Waals surface area (Å²) >= 11 is 0. The van der Waals surface area contributed by atoms with Crippen LogP contribution < -0.4 is 0 Å². The average molecular weight is 653 g/mol. The van der Waals surface area contributed by atoms with Gasteiger partial charge in [0.25, 0.3) is 0 Å². The Balaban J connectivity index is 1.12. The normalized spacial score (nSPS) is 11.5. The highest BCUT2D eigenvalue weighted by Crippen LogP contribution is 2.41. The Morgan fingerprint density at radius 1 is 0.373 bits per heavy atom. The molecule has 0 aliphatic heterocycles. The molecular weight excluding hydrogens is 625 g/mol. The monoisotopic (exact) mass is 652 g/mol. The van der Waals surface area contributed by atoms with Crippen molar-refractivity contribution < 1.29 is 4.42 Å². The highest BCUT2D eigenvalue weighted by atomic mass is 16.3. The Morgan fingerprint density at radius 3 is 1.63 bits per heavy atom. The average Bonchev–Trinajstić information content (AvgIpc) is 3.61. The molecular formula is C46H28N4O. The molecule has 0 amide bonds. The SMILES string of the molecule is c1ccc(-c2nc(-c3ccccc3)nc(-c3ccc(-c4nc5ccc(-c6cccc7ccccc67)cc5c5oc6ccccc6c45)cc3)n2)cc1. The molecule has 238 valence electrons. The standard InChI is InChI=1S/C46H28N4O/c1-3-13-31(14-4-1)44-48-45(32-15-5-2-6-16-32)50-46(49-44)33-24-22-30(23-25-33)42-41-37-19-9-10-21-40(37)51-43(41)38-28-34(26-27-39(38)47-42)36-20-11-17-29-12-7-8-18-35(29)36/h1-28H. The van der Waals surface area contributed by atoms with Gasteiger partial charge in [-0.3, -0.25) is 0 Å². The first-order valence-corrected chi connectivity index (χ1v) is 17.0. The number of benzene rings is 7. The van der Waals surface area contributed by atoms with Gasteiger partial charge in [-0.1, -0.05) is 152 Å². The van der Waals surface area contributed by atoms with E-state index in [1.807, 2.05) is 72.8 Å². The Morgan fingerprint density at radius 2 is 0.922 bits per heavy atom. The minimum atomic E-state index is 0.612. The molecule has 3 aromatic heterocycles. The number of para-hydroxylation sites is 1. The minimum Gasteiger partial charge on any atom is -0.455 e. The summed E-state index contributed by atoms with van der Waals surface area (Å²) < 4.78 is 6.64. The van der Waals surface area contributed by atoms with Crippen molar-refractivity contribution in [2.75, 3.05) is 0 Å². The molecule has 0 fully saturated rings. The van der Waals surface area contributed by atoms with E-state index in [-0.39, 0.29) is 0 Å². The van der Waals surface area contributed by atoms with Crippen molar-refractivity contribution in [2.24, 2.45) is 0 Å². The molecule has 10 aromatic rings. The van der Waals surface area contributed by atoms with Gasteiger partial charge in [0.05, 0.1) is 16.6 Å². The molecule has 0 radical (unpaired) electrons. The number of hydrogen-bond acceptors (Lipinski definition) is 5. The Kier molecular flexibility index (Phi) is 6.74. The molecule has 0 N–H and O–H groups in total. The second-order valence-corrected chi connectivity index (χ2v) is 12.6. The molecule has 51 heavy (non-hydrogen) atoms. The number of nitrogens with zero attached hydrogens (tertiary/aromatic N) is 4. The van der Waals surface area contributed by atoms with Crippen LogP contribution in [0.15, 0.2) is 174 Å². The van der Waals surface area contributed by atoms with Gasteiger partial charge in [0.2, 0.25) is 0 Å². The molecule has 0 spiro atoms. The van der Waals surface area contributed by atoms with Gasteiger partial charge in [-0.15, -0.1) is 0 Å². The molecule has 0 unspecified atom stereocenters. The highest BCUT2D eigenvalue weighted by molar-refractivity contribution is 6.19. The lowest BCUT2D eigenvalue weighted by atomic mass is 9.96. The number of hydrogen-bond donors (Lipinski definition) is 0. The van der Waals surface area contributed by atoms with E-state index < -0.39 is 0 Å². The Labute approximate surface area is 293 Å². The molecule has 0 saturated carbocycles. The number of aromatic nitrogens is 4. The van der Waals surface area contributed by atoms with Gasteiger partial charge in [-0.2, -0.15) is 0 Å². The van der Waals surface area contributed by atoms with Gasteiger partial charge in [0.1, 0.15) is 11.2 Å². The van der Waals surface area contributed by atoms with Crippen LogP contribution in [-0.2, 0) is 0 Å². The maximum Gasteiger partial charge on any atom is 0.164 e. The smallest absolute Gasteiger partial charge is 0.164 e. The van der Waals surface area contributed by atoms with Gasteiger partial charge >= 0.3 is 0 Å². The summed E-state index contributed by atoms with van der Waals surface area (Å²) in [5.41, 5.74) is 9.48. The topological polar surface area (TPSA) is 64.7 Å². The van der Waals surface area contributed by atoms with Crippen LogP contribution in [0.2, 0.25) is 0 Å². The third-order valence-electron chi connectivity index (χ3n) is 9.52. The zero-order chi connectivity index (χ0) is 33.7. The van der Waals surface area contributed by atoms with Crippen LogP contribution >= 0.6 is 0 Å². The van der Waals surface area contributed by atoms with E-state index in [1.54, 1.807) is 0 Å².